The summed E-state index contributed by atoms with van der Waals surface area (Å²) in [6, 6.07) is 10.9. The average molecular weight is 340 g/mol. The van der Waals surface area contributed by atoms with Crippen LogP contribution >= 0.6 is 0 Å². The van der Waals surface area contributed by atoms with Gasteiger partial charge < -0.3 is 10.6 Å². The zero-order valence-electron chi connectivity index (χ0n) is 14.8. The van der Waals surface area contributed by atoms with Crippen molar-refractivity contribution in [1.82, 2.24) is 15.6 Å². The first-order chi connectivity index (χ1) is 12.1. The summed E-state index contributed by atoms with van der Waals surface area (Å²) in [7, 11) is 0. The van der Waals surface area contributed by atoms with E-state index >= 15 is 0 Å². The Balaban J connectivity index is 1.66. The molecule has 0 radical (unpaired) electrons. The topological polar surface area (TPSA) is 49.3 Å². The molecule has 132 valence electrons. The van der Waals surface area contributed by atoms with E-state index in [0.29, 0.717) is 6.54 Å². The van der Waals surface area contributed by atoms with E-state index in [1.54, 1.807) is 18.3 Å². The van der Waals surface area contributed by atoms with Crippen LogP contribution in [0.25, 0.3) is 0 Å². The summed E-state index contributed by atoms with van der Waals surface area (Å²) in [5.41, 5.74) is 3.21. The number of guanidine groups is 1. The minimum Gasteiger partial charge on any atom is -0.357 e. The third kappa shape index (κ3) is 4.35. The SMILES string of the molecule is CCNC(=NCc1ncccc1C)NCC1(c2cccc(F)c2)CC1. The van der Waals surface area contributed by atoms with Crippen molar-refractivity contribution in [2.45, 2.75) is 38.6 Å². The second-order valence-electron chi connectivity index (χ2n) is 6.61. The van der Waals surface area contributed by atoms with Crippen LogP contribution in [0.5, 0.6) is 0 Å². The summed E-state index contributed by atoms with van der Waals surface area (Å²) < 4.78 is 13.5. The predicted octanol–water partition coefficient (Wildman–Crippen LogP) is 3.32. The summed E-state index contributed by atoms with van der Waals surface area (Å²) in [5.74, 6) is 0.602. The van der Waals surface area contributed by atoms with Crippen LogP contribution in [0, 0.1) is 12.7 Å². The van der Waals surface area contributed by atoms with E-state index in [1.807, 2.05) is 32.0 Å². The molecule has 1 fully saturated rings. The number of hydrogen-bond donors (Lipinski definition) is 2. The van der Waals surface area contributed by atoms with Gasteiger partial charge in [-0.15, -0.1) is 0 Å². The first kappa shape index (κ1) is 17.4. The van der Waals surface area contributed by atoms with Crippen molar-refractivity contribution in [3.63, 3.8) is 0 Å². The van der Waals surface area contributed by atoms with E-state index in [-0.39, 0.29) is 11.2 Å². The summed E-state index contributed by atoms with van der Waals surface area (Å²) in [6.45, 7) is 6.17. The van der Waals surface area contributed by atoms with Gasteiger partial charge >= 0.3 is 0 Å². The van der Waals surface area contributed by atoms with Crippen LogP contribution < -0.4 is 10.6 Å². The fourth-order valence-corrected chi connectivity index (χ4v) is 2.97. The number of benzene rings is 1. The number of aromatic nitrogens is 1. The number of pyridine rings is 1. The van der Waals surface area contributed by atoms with Gasteiger partial charge in [-0.1, -0.05) is 18.2 Å². The van der Waals surface area contributed by atoms with Crippen molar-refractivity contribution in [3.05, 3.63) is 65.2 Å². The maximum absolute atomic E-state index is 13.5. The highest BCUT2D eigenvalue weighted by atomic mass is 19.1. The highest BCUT2D eigenvalue weighted by molar-refractivity contribution is 5.80. The molecular weight excluding hydrogens is 315 g/mol. The third-order valence-electron chi connectivity index (χ3n) is 4.73. The first-order valence-electron chi connectivity index (χ1n) is 8.82. The Hall–Kier alpha value is -2.43. The van der Waals surface area contributed by atoms with Crippen molar-refractivity contribution in [2.75, 3.05) is 13.1 Å². The number of nitrogens with zero attached hydrogens (tertiary/aromatic N) is 2. The minimum absolute atomic E-state index is 0.0270. The number of hydrogen-bond acceptors (Lipinski definition) is 2. The first-order valence-corrected chi connectivity index (χ1v) is 8.82. The molecule has 1 aromatic heterocycles. The van der Waals surface area contributed by atoms with Gasteiger partial charge in [0.2, 0.25) is 0 Å². The number of aliphatic imine (C=N–C) groups is 1. The standard InChI is InChI=1S/C20H25FN4/c1-3-22-19(24-13-18-15(2)6-5-11-23-18)25-14-20(9-10-20)16-7-4-8-17(21)12-16/h4-8,11-12H,3,9-10,13-14H2,1-2H3,(H2,22,24,25). The van der Waals surface area contributed by atoms with Gasteiger partial charge in [-0.05, 0) is 56.0 Å². The Labute approximate surface area is 148 Å². The van der Waals surface area contributed by atoms with Gasteiger partial charge in [0.15, 0.2) is 5.96 Å². The van der Waals surface area contributed by atoms with Gasteiger partial charge in [0.25, 0.3) is 0 Å². The molecule has 25 heavy (non-hydrogen) atoms. The summed E-state index contributed by atoms with van der Waals surface area (Å²) >= 11 is 0. The normalized spacial score (nSPS) is 15.7. The number of rotatable bonds is 6. The molecule has 0 atom stereocenters. The number of aryl methyl sites for hydroxylation is 1. The van der Waals surface area contributed by atoms with Crippen LogP contribution in [0.15, 0.2) is 47.6 Å². The molecule has 2 N–H and O–H groups in total. The van der Waals surface area contributed by atoms with Gasteiger partial charge in [-0.2, -0.15) is 0 Å². The molecule has 1 aliphatic rings. The molecule has 5 heteroatoms. The predicted molar refractivity (Wildman–Crippen MR) is 99.1 cm³/mol. The lowest BCUT2D eigenvalue weighted by atomic mass is 9.96. The Morgan fingerprint density at radius 2 is 2.08 bits per heavy atom. The highest BCUT2D eigenvalue weighted by Gasteiger charge is 2.44. The molecule has 1 aromatic carbocycles. The largest absolute Gasteiger partial charge is 0.357 e. The van der Waals surface area contributed by atoms with E-state index in [9.17, 15) is 4.39 Å². The fraction of sp³-hybridized carbons (Fsp3) is 0.400. The van der Waals surface area contributed by atoms with E-state index in [0.717, 1.165) is 48.7 Å². The monoisotopic (exact) mass is 340 g/mol. The zero-order valence-corrected chi connectivity index (χ0v) is 14.8. The molecule has 4 nitrogen and oxygen atoms in total. The summed E-state index contributed by atoms with van der Waals surface area (Å²) in [6.07, 6.45) is 3.94. The quantitative estimate of drug-likeness (QED) is 0.626. The molecule has 1 heterocycles. The van der Waals surface area contributed by atoms with E-state index in [2.05, 4.69) is 20.6 Å². The zero-order chi connectivity index (χ0) is 17.7. The van der Waals surface area contributed by atoms with Crippen molar-refractivity contribution in [2.24, 2.45) is 4.99 Å². The van der Waals surface area contributed by atoms with Crippen LogP contribution in [0.4, 0.5) is 4.39 Å². The van der Waals surface area contributed by atoms with Gasteiger partial charge in [0, 0.05) is 24.7 Å². The third-order valence-corrected chi connectivity index (χ3v) is 4.73. The Morgan fingerprint density at radius 3 is 2.76 bits per heavy atom. The molecule has 0 bridgehead atoms. The Bertz CT molecular complexity index is 753. The van der Waals surface area contributed by atoms with Gasteiger partial charge in [-0.25, -0.2) is 9.38 Å². The van der Waals surface area contributed by atoms with Crippen molar-refractivity contribution < 1.29 is 4.39 Å². The van der Waals surface area contributed by atoms with Gasteiger partial charge in [-0.3, -0.25) is 4.98 Å². The molecule has 1 aliphatic carbocycles. The van der Waals surface area contributed by atoms with Crippen LogP contribution in [0.2, 0.25) is 0 Å². The smallest absolute Gasteiger partial charge is 0.191 e. The highest BCUT2D eigenvalue weighted by Crippen LogP contribution is 2.47. The molecule has 3 rings (SSSR count). The summed E-state index contributed by atoms with van der Waals surface area (Å²) in [5, 5.41) is 6.69. The van der Waals surface area contributed by atoms with Gasteiger partial charge in [0.05, 0.1) is 12.2 Å². The molecule has 0 aliphatic heterocycles. The van der Waals surface area contributed by atoms with E-state index < -0.39 is 0 Å². The lowest BCUT2D eigenvalue weighted by Crippen LogP contribution is -2.41. The Morgan fingerprint density at radius 1 is 1.24 bits per heavy atom. The molecule has 2 aromatic rings. The van der Waals surface area contributed by atoms with Crippen LogP contribution in [-0.4, -0.2) is 24.0 Å². The van der Waals surface area contributed by atoms with E-state index in [4.69, 9.17) is 0 Å². The molecule has 0 amide bonds. The van der Waals surface area contributed by atoms with Gasteiger partial charge in [0.1, 0.15) is 5.82 Å². The number of nitrogens with one attached hydrogen (secondary N) is 2. The van der Waals surface area contributed by atoms with Crippen LogP contribution in [0.1, 0.15) is 36.6 Å². The fourth-order valence-electron chi connectivity index (χ4n) is 2.97. The molecule has 1 saturated carbocycles. The molecule has 0 unspecified atom stereocenters. The second-order valence-corrected chi connectivity index (χ2v) is 6.61. The molecule has 0 spiro atoms. The molecular formula is C20H25FN4. The lowest BCUT2D eigenvalue weighted by Gasteiger charge is -2.19. The van der Waals surface area contributed by atoms with Crippen molar-refractivity contribution in [1.29, 1.82) is 0 Å². The average Bonchev–Trinajstić information content (AvgIpc) is 3.40. The van der Waals surface area contributed by atoms with Crippen LogP contribution in [-0.2, 0) is 12.0 Å². The number of halogens is 1. The molecule has 0 saturated heterocycles. The van der Waals surface area contributed by atoms with Crippen LogP contribution in [0.3, 0.4) is 0 Å². The maximum atomic E-state index is 13.5. The Kier molecular flexibility index (Phi) is 5.31. The van der Waals surface area contributed by atoms with Crippen molar-refractivity contribution in [3.8, 4) is 0 Å². The van der Waals surface area contributed by atoms with Crippen molar-refractivity contribution >= 4 is 5.96 Å². The minimum atomic E-state index is -0.171. The lowest BCUT2D eigenvalue weighted by molar-refractivity contribution is 0.607. The second kappa shape index (κ2) is 7.64. The van der Waals surface area contributed by atoms with E-state index in [1.165, 1.54) is 6.07 Å². The summed E-state index contributed by atoms with van der Waals surface area (Å²) in [4.78, 5) is 9.03. The maximum Gasteiger partial charge on any atom is 0.191 e.